The zero-order valence-electron chi connectivity index (χ0n) is 30.0. The molecule has 3 aliphatic heterocycles. The van der Waals surface area contributed by atoms with Gasteiger partial charge in [0.25, 0.3) is 0 Å². The molecule has 276 valence electrons. The van der Waals surface area contributed by atoms with Gasteiger partial charge in [-0.1, -0.05) is 67.9 Å². The van der Waals surface area contributed by atoms with Gasteiger partial charge >= 0.3 is 17.9 Å². The van der Waals surface area contributed by atoms with E-state index in [2.05, 4.69) is 4.74 Å². The molecule has 12 heteroatoms. The van der Waals surface area contributed by atoms with E-state index in [4.69, 9.17) is 9.47 Å². The van der Waals surface area contributed by atoms with Gasteiger partial charge in [0, 0.05) is 56.0 Å². The first kappa shape index (κ1) is 39.3. The van der Waals surface area contributed by atoms with E-state index in [-0.39, 0.29) is 72.6 Å². The van der Waals surface area contributed by atoms with Gasteiger partial charge in [0.2, 0.25) is 17.7 Å². The zero-order valence-corrected chi connectivity index (χ0v) is 30.0. The van der Waals surface area contributed by atoms with Crippen molar-refractivity contribution in [2.24, 2.45) is 17.8 Å². The van der Waals surface area contributed by atoms with Crippen molar-refractivity contribution in [3.8, 4) is 0 Å². The average molecular weight is 714 g/mol. The number of hydrogen-bond donors (Lipinski definition) is 0. The van der Waals surface area contributed by atoms with E-state index in [1.54, 1.807) is 21.6 Å². The number of para-hydroxylation sites is 3. The number of carbonyl (C=O) groups excluding carboxylic acids is 6. The Morgan fingerprint density at radius 1 is 0.558 bits per heavy atom. The molecule has 3 aromatic carbocycles. The molecule has 3 unspecified atom stereocenters. The Labute approximate surface area is 304 Å². The second kappa shape index (κ2) is 19.8. The highest BCUT2D eigenvalue weighted by molar-refractivity contribution is 6.01. The van der Waals surface area contributed by atoms with E-state index in [0.717, 1.165) is 29.9 Å². The van der Waals surface area contributed by atoms with E-state index in [1.165, 1.54) is 7.11 Å². The SMILES string of the molecule is CCCCOC(=O)C1CC(=O)N(c2ccccc2)C1.CCOC(=O)C1CC(=O)N(c2ccccc2)C1.COC(=O)C1CC(=O)N(c2ccccc2)C1. The summed E-state index contributed by atoms with van der Waals surface area (Å²) in [5.74, 6) is -1.89. The van der Waals surface area contributed by atoms with Crippen molar-refractivity contribution in [2.45, 2.75) is 46.0 Å². The van der Waals surface area contributed by atoms with Gasteiger partial charge in [-0.05, 0) is 49.7 Å². The van der Waals surface area contributed by atoms with Crippen LogP contribution in [0.4, 0.5) is 17.1 Å². The number of rotatable bonds is 10. The Bertz CT molecular complexity index is 1650. The smallest absolute Gasteiger partial charge is 0.311 e. The Morgan fingerprint density at radius 2 is 0.904 bits per heavy atom. The fraction of sp³-hybridized carbons (Fsp3) is 0.400. The predicted molar refractivity (Wildman–Crippen MR) is 195 cm³/mol. The number of nitrogens with zero attached hydrogens (tertiary/aromatic N) is 3. The van der Waals surface area contributed by atoms with Crippen LogP contribution in [-0.4, -0.2) is 75.6 Å². The van der Waals surface area contributed by atoms with Gasteiger partial charge in [0.05, 0.1) is 38.1 Å². The van der Waals surface area contributed by atoms with Gasteiger partial charge in [0.1, 0.15) is 0 Å². The summed E-state index contributed by atoms with van der Waals surface area (Å²) >= 11 is 0. The highest BCUT2D eigenvalue weighted by Crippen LogP contribution is 2.27. The molecule has 3 aromatic rings. The number of amides is 3. The van der Waals surface area contributed by atoms with Crippen LogP contribution in [0.1, 0.15) is 46.0 Å². The highest BCUT2D eigenvalue weighted by Gasteiger charge is 2.37. The van der Waals surface area contributed by atoms with E-state index >= 15 is 0 Å². The monoisotopic (exact) mass is 713 g/mol. The lowest BCUT2D eigenvalue weighted by molar-refractivity contribution is -0.148. The third-order valence-corrected chi connectivity index (χ3v) is 8.81. The minimum Gasteiger partial charge on any atom is -0.469 e. The van der Waals surface area contributed by atoms with Crippen molar-refractivity contribution in [3.63, 3.8) is 0 Å². The van der Waals surface area contributed by atoms with Crippen LogP contribution >= 0.6 is 0 Å². The van der Waals surface area contributed by atoms with Crippen molar-refractivity contribution in [3.05, 3.63) is 91.0 Å². The van der Waals surface area contributed by atoms with Crippen LogP contribution in [0, 0.1) is 17.8 Å². The molecular formula is C40H47N3O9. The van der Waals surface area contributed by atoms with Gasteiger partial charge in [-0.25, -0.2) is 0 Å². The molecule has 3 atom stereocenters. The van der Waals surface area contributed by atoms with E-state index in [0.29, 0.717) is 32.8 Å². The number of esters is 3. The predicted octanol–water partition coefficient (Wildman–Crippen LogP) is 5.20. The van der Waals surface area contributed by atoms with Crippen molar-refractivity contribution >= 4 is 52.7 Å². The molecule has 0 bridgehead atoms. The van der Waals surface area contributed by atoms with Crippen LogP contribution in [0.25, 0.3) is 0 Å². The Hall–Kier alpha value is -5.52. The number of carbonyl (C=O) groups is 6. The lowest BCUT2D eigenvalue weighted by Gasteiger charge is -2.16. The Kier molecular flexibility index (Phi) is 14.9. The second-order valence-electron chi connectivity index (χ2n) is 12.5. The molecule has 0 aromatic heterocycles. The van der Waals surface area contributed by atoms with Crippen molar-refractivity contribution in [2.75, 3.05) is 54.7 Å². The molecule has 3 fully saturated rings. The second-order valence-corrected chi connectivity index (χ2v) is 12.5. The van der Waals surface area contributed by atoms with Crippen LogP contribution in [-0.2, 0) is 43.0 Å². The number of methoxy groups -OCH3 is 1. The minimum atomic E-state index is -0.335. The maximum atomic E-state index is 11.9. The van der Waals surface area contributed by atoms with Crippen molar-refractivity contribution < 1.29 is 43.0 Å². The maximum absolute atomic E-state index is 11.9. The quantitative estimate of drug-likeness (QED) is 0.158. The number of anilines is 3. The average Bonchev–Trinajstić information content (AvgIpc) is 3.89. The van der Waals surface area contributed by atoms with Crippen molar-refractivity contribution in [1.82, 2.24) is 0 Å². The van der Waals surface area contributed by atoms with Crippen molar-refractivity contribution in [1.29, 1.82) is 0 Å². The minimum absolute atomic E-state index is 0.0105. The van der Waals surface area contributed by atoms with Gasteiger partial charge in [-0.15, -0.1) is 0 Å². The van der Waals surface area contributed by atoms with Gasteiger partial charge in [-0.3, -0.25) is 28.8 Å². The van der Waals surface area contributed by atoms with Crippen LogP contribution in [0.15, 0.2) is 91.0 Å². The number of ether oxygens (including phenoxy) is 3. The number of hydrogen-bond acceptors (Lipinski definition) is 9. The molecule has 0 spiro atoms. The van der Waals surface area contributed by atoms with Crippen LogP contribution in [0.5, 0.6) is 0 Å². The molecule has 52 heavy (non-hydrogen) atoms. The number of benzene rings is 3. The molecule has 0 radical (unpaired) electrons. The summed E-state index contributed by atoms with van der Waals surface area (Å²) in [5, 5.41) is 0. The summed E-state index contributed by atoms with van der Waals surface area (Å²) in [7, 11) is 1.35. The fourth-order valence-electron chi connectivity index (χ4n) is 6.03. The molecule has 6 rings (SSSR count). The largest absolute Gasteiger partial charge is 0.469 e. The molecule has 3 aliphatic rings. The Morgan fingerprint density at radius 3 is 1.23 bits per heavy atom. The summed E-state index contributed by atoms with van der Waals surface area (Å²) in [6.45, 7) is 5.87. The summed E-state index contributed by atoms with van der Waals surface area (Å²) in [5.41, 5.74) is 2.51. The third kappa shape index (κ3) is 10.7. The van der Waals surface area contributed by atoms with Crippen LogP contribution in [0.3, 0.4) is 0 Å². The normalized spacial score (nSPS) is 19.3. The Balaban J connectivity index is 0.000000175. The topological polar surface area (TPSA) is 140 Å². The summed E-state index contributed by atoms with van der Waals surface area (Å²) in [6.07, 6.45) is 2.59. The summed E-state index contributed by atoms with van der Waals surface area (Å²) in [6, 6.07) is 28.2. The molecule has 12 nitrogen and oxygen atoms in total. The molecule has 3 heterocycles. The highest BCUT2D eigenvalue weighted by atomic mass is 16.5. The maximum Gasteiger partial charge on any atom is 0.311 e. The lowest BCUT2D eigenvalue weighted by Crippen LogP contribution is -2.26. The third-order valence-electron chi connectivity index (χ3n) is 8.81. The zero-order chi connectivity index (χ0) is 37.5. The molecule has 0 N–H and O–H groups in total. The van der Waals surface area contributed by atoms with E-state index < -0.39 is 0 Å². The molecule has 0 aliphatic carbocycles. The van der Waals surface area contributed by atoms with Crippen LogP contribution in [0.2, 0.25) is 0 Å². The first-order chi connectivity index (χ1) is 25.2. The first-order valence-corrected chi connectivity index (χ1v) is 17.6. The molecule has 3 amide bonds. The molecular weight excluding hydrogens is 666 g/mol. The van der Waals surface area contributed by atoms with Gasteiger partial charge in [-0.2, -0.15) is 0 Å². The van der Waals surface area contributed by atoms with Gasteiger partial charge < -0.3 is 28.9 Å². The van der Waals surface area contributed by atoms with E-state index in [9.17, 15) is 28.8 Å². The standard InChI is InChI=1S/C15H19NO3.C13H15NO3.C12H13NO3/c1-2-3-9-19-15(18)12-10-14(17)16(11-12)13-7-5-4-6-8-13;1-2-17-13(16)10-8-12(15)14(9-10)11-6-4-3-5-7-11;1-16-12(15)9-7-11(14)13(8-9)10-5-3-2-4-6-10/h4-8,12H,2-3,9-11H2,1H3;3-7,10H,2,8-9H2,1H3;2-6,9H,7-8H2,1H3. The van der Waals surface area contributed by atoms with Gasteiger partial charge in [0.15, 0.2) is 0 Å². The lowest BCUT2D eigenvalue weighted by atomic mass is 10.1. The number of unbranched alkanes of at least 4 members (excludes halogenated alkanes) is 1. The van der Waals surface area contributed by atoms with Crippen LogP contribution < -0.4 is 14.7 Å². The summed E-state index contributed by atoms with van der Waals surface area (Å²) in [4.78, 5) is 75.1. The van der Waals surface area contributed by atoms with E-state index in [1.807, 2.05) is 97.9 Å². The first-order valence-electron chi connectivity index (χ1n) is 17.6. The fourth-order valence-corrected chi connectivity index (χ4v) is 6.03. The molecule has 3 saturated heterocycles. The summed E-state index contributed by atoms with van der Waals surface area (Å²) < 4.78 is 14.8. The molecule has 0 saturated carbocycles.